The molecule has 2 aliphatic rings. The maximum Gasteiger partial charge on any atom is 0.134 e. The molecular weight excluding hydrogens is 244 g/mol. The quantitative estimate of drug-likeness (QED) is 0.913. The van der Waals surface area contributed by atoms with Gasteiger partial charge in [0, 0.05) is 31.2 Å². The van der Waals surface area contributed by atoms with Gasteiger partial charge in [0.25, 0.3) is 0 Å². The second-order valence-electron chi connectivity index (χ2n) is 5.52. The zero-order valence-electron chi connectivity index (χ0n) is 11.1. The average molecular weight is 266 g/mol. The van der Waals surface area contributed by atoms with E-state index in [-0.39, 0.29) is 0 Å². The van der Waals surface area contributed by atoms with Crippen molar-refractivity contribution in [3.05, 3.63) is 5.69 Å². The first-order valence-electron chi connectivity index (χ1n) is 7.11. The number of rotatable bonds is 3. The van der Waals surface area contributed by atoms with Gasteiger partial charge in [-0.25, -0.2) is 0 Å². The highest BCUT2D eigenvalue weighted by atomic mass is 32.1. The van der Waals surface area contributed by atoms with E-state index in [2.05, 4.69) is 19.8 Å². The van der Waals surface area contributed by atoms with Crippen LogP contribution in [0.25, 0.3) is 0 Å². The molecule has 0 aromatic carbocycles. The van der Waals surface area contributed by atoms with E-state index in [4.69, 9.17) is 0 Å². The number of hydrogen-bond donors (Lipinski definition) is 1. The number of aromatic nitrogens is 2. The van der Waals surface area contributed by atoms with Crippen LogP contribution in [-0.2, 0) is 6.54 Å². The molecule has 5 heteroatoms. The Bertz CT molecular complexity index is 390. The zero-order valence-corrected chi connectivity index (χ0v) is 11.9. The molecule has 2 fully saturated rings. The van der Waals surface area contributed by atoms with Crippen molar-refractivity contribution in [2.24, 2.45) is 5.92 Å². The van der Waals surface area contributed by atoms with Gasteiger partial charge in [0.05, 0.1) is 0 Å². The average Bonchev–Trinajstić information content (AvgIpc) is 2.86. The third-order valence-electron chi connectivity index (χ3n) is 4.49. The SMILES string of the molecule is CNc1snnc1CN1CCC[C@H]2CCCC[C@H]21. The first-order chi connectivity index (χ1) is 8.88. The third kappa shape index (κ3) is 2.38. The van der Waals surface area contributed by atoms with E-state index in [1.165, 1.54) is 56.6 Å². The van der Waals surface area contributed by atoms with Gasteiger partial charge in [-0.2, -0.15) is 0 Å². The van der Waals surface area contributed by atoms with Gasteiger partial charge < -0.3 is 5.32 Å². The molecule has 2 atom stereocenters. The van der Waals surface area contributed by atoms with Gasteiger partial charge in [0.15, 0.2) is 0 Å². The standard InChI is InChI=1S/C13H22N4S/c1-14-13-11(15-16-18-13)9-17-8-4-6-10-5-2-3-7-12(10)17/h10,12,14H,2-9H2,1H3/t10-,12-/m1/s1. The Morgan fingerprint density at radius 3 is 3.00 bits per heavy atom. The Morgan fingerprint density at radius 1 is 1.28 bits per heavy atom. The van der Waals surface area contributed by atoms with Crippen molar-refractivity contribution in [3.63, 3.8) is 0 Å². The van der Waals surface area contributed by atoms with Crippen molar-refractivity contribution >= 4 is 16.5 Å². The summed E-state index contributed by atoms with van der Waals surface area (Å²) in [7, 11) is 1.96. The first-order valence-corrected chi connectivity index (χ1v) is 7.89. The summed E-state index contributed by atoms with van der Waals surface area (Å²) in [5.41, 5.74) is 1.13. The van der Waals surface area contributed by atoms with Gasteiger partial charge in [0.1, 0.15) is 10.7 Å². The largest absolute Gasteiger partial charge is 0.377 e. The highest BCUT2D eigenvalue weighted by molar-refractivity contribution is 7.10. The van der Waals surface area contributed by atoms with Crippen LogP contribution in [0.3, 0.4) is 0 Å². The Balaban J connectivity index is 1.71. The van der Waals surface area contributed by atoms with Gasteiger partial charge in [0.2, 0.25) is 0 Å². The lowest BCUT2D eigenvalue weighted by molar-refractivity contribution is 0.0539. The molecule has 18 heavy (non-hydrogen) atoms. The maximum atomic E-state index is 4.28. The molecule has 1 saturated carbocycles. The fourth-order valence-corrected chi connectivity index (χ4v) is 4.14. The van der Waals surface area contributed by atoms with E-state index in [0.717, 1.165) is 29.2 Å². The molecule has 3 rings (SSSR count). The molecule has 1 aliphatic carbocycles. The molecule has 4 nitrogen and oxygen atoms in total. The van der Waals surface area contributed by atoms with Crippen molar-refractivity contribution in [2.45, 2.75) is 51.1 Å². The number of likely N-dealkylation sites (tertiary alicyclic amines) is 1. The molecule has 100 valence electrons. The minimum absolute atomic E-state index is 0.805. The van der Waals surface area contributed by atoms with Gasteiger partial charge in [-0.05, 0) is 38.1 Å². The summed E-state index contributed by atoms with van der Waals surface area (Å²) in [6, 6.07) is 0.805. The topological polar surface area (TPSA) is 41.1 Å². The number of nitrogens with zero attached hydrogens (tertiary/aromatic N) is 3. The summed E-state index contributed by atoms with van der Waals surface area (Å²) in [6.07, 6.45) is 8.47. The summed E-state index contributed by atoms with van der Waals surface area (Å²) in [6.45, 7) is 2.22. The summed E-state index contributed by atoms with van der Waals surface area (Å²) in [5, 5.41) is 8.62. The van der Waals surface area contributed by atoms with Crippen molar-refractivity contribution in [1.29, 1.82) is 0 Å². The van der Waals surface area contributed by atoms with E-state index < -0.39 is 0 Å². The lowest BCUT2D eigenvalue weighted by Gasteiger charge is -2.43. The van der Waals surface area contributed by atoms with Crippen LogP contribution in [0.5, 0.6) is 0 Å². The lowest BCUT2D eigenvalue weighted by Crippen LogP contribution is -2.46. The minimum Gasteiger partial charge on any atom is -0.377 e. The van der Waals surface area contributed by atoms with E-state index in [9.17, 15) is 0 Å². The van der Waals surface area contributed by atoms with Gasteiger partial charge in [-0.3, -0.25) is 4.90 Å². The molecule has 1 saturated heterocycles. The molecule has 0 amide bonds. The van der Waals surface area contributed by atoms with Crippen LogP contribution < -0.4 is 5.32 Å². The van der Waals surface area contributed by atoms with Gasteiger partial charge in [-0.15, -0.1) is 5.10 Å². The van der Waals surface area contributed by atoms with Crippen molar-refractivity contribution in [2.75, 3.05) is 18.9 Å². The molecule has 0 spiro atoms. The monoisotopic (exact) mass is 266 g/mol. The predicted octanol–water partition coefficient (Wildman–Crippen LogP) is 2.73. The summed E-state index contributed by atoms with van der Waals surface area (Å²) in [4.78, 5) is 2.66. The second kappa shape index (κ2) is 5.53. The maximum absolute atomic E-state index is 4.28. The highest BCUT2D eigenvalue weighted by Gasteiger charge is 2.33. The number of fused-ring (bicyclic) bond motifs is 1. The molecule has 0 radical (unpaired) electrons. The van der Waals surface area contributed by atoms with E-state index >= 15 is 0 Å². The van der Waals surface area contributed by atoms with Crippen LogP contribution in [0.15, 0.2) is 0 Å². The second-order valence-corrected chi connectivity index (χ2v) is 6.28. The van der Waals surface area contributed by atoms with Gasteiger partial charge >= 0.3 is 0 Å². The van der Waals surface area contributed by atoms with Crippen LogP contribution in [0.1, 0.15) is 44.2 Å². The smallest absolute Gasteiger partial charge is 0.134 e. The van der Waals surface area contributed by atoms with Crippen molar-refractivity contribution < 1.29 is 0 Å². The summed E-state index contributed by atoms with van der Waals surface area (Å²) < 4.78 is 4.06. The molecular formula is C13H22N4S. The number of piperidine rings is 1. The summed E-state index contributed by atoms with van der Waals surface area (Å²) in [5.74, 6) is 0.942. The van der Waals surface area contributed by atoms with Crippen molar-refractivity contribution in [1.82, 2.24) is 14.5 Å². The molecule has 1 aromatic rings. The number of hydrogen-bond acceptors (Lipinski definition) is 5. The number of nitrogens with one attached hydrogen (secondary N) is 1. The minimum atomic E-state index is 0.805. The zero-order chi connectivity index (χ0) is 12.4. The van der Waals surface area contributed by atoms with Crippen LogP contribution in [0.2, 0.25) is 0 Å². The Hall–Kier alpha value is -0.680. The van der Waals surface area contributed by atoms with Crippen molar-refractivity contribution in [3.8, 4) is 0 Å². The normalized spacial score (nSPS) is 28.9. The van der Waals surface area contributed by atoms with Crippen LogP contribution >= 0.6 is 11.5 Å². The third-order valence-corrected chi connectivity index (χ3v) is 5.28. The van der Waals surface area contributed by atoms with E-state index in [1.54, 1.807) is 0 Å². The fraction of sp³-hybridized carbons (Fsp3) is 0.846. The van der Waals surface area contributed by atoms with Crippen LogP contribution in [0.4, 0.5) is 5.00 Å². The molecule has 0 unspecified atom stereocenters. The molecule has 1 N–H and O–H groups in total. The lowest BCUT2D eigenvalue weighted by atomic mass is 9.78. The molecule has 0 bridgehead atoms. The van der Waals surface area contributed by atoms with E-state index in [1.807, 2.05) is 7.05 Å². The Labute approximate surface area is 113 Å². The molecule has 1 aliphatic heterocycles. The number of anilines is 1. The Kier molecular flexibility index (Phi) is 3.80. The Morgan fingerprint density at radius 2 is 2.11 bits per heavy atom. The van der Waals surface area contributed by atoms with E-state index in [0.29, 0.717) is 0 Å². The first kappa shape index (κ1) is 12.4. The van der Waals surface area contributed by atoms with Crippen LogP contribution in [-0.4, -0.2) is 34.1 Å². The highest BCUT2D eigenvalue weighted by Crippen LogP contribution is 2.36. The molecule has 2 heterocycles. The summed E-state index contributed by atoms with van der Waals surface area (Å²) >= 11 is 1.47. The van der Waals surface area contributed by atoms with Crippen LogP contribution in [0, 0.1) is 5.92 Å². The van der Waals surface area contributed by atoms with Gasteiger partial charge in [-0.1, -0.05) is 17.3 Å². The molecule has 1 aromatic heterocycles. The fourth-order valence-electron chi connectivity index (χ4n) is 3.62. The predicted molar refractivity (Wildman–Crippen MR) is 74.8 cm³/mol.